The van der Waals surface area contributed by atoms with Gasteiger partial charge in [-0.05, 0) is 50.2 Å². The van der Waals surface area contributed by atoms with Crippen molar-refractivity contribution in [2.45, 2.75) is 19.4 Å². The highest BCUT2D eigenvalue weighted by molar-refractivity contribution is 5.83. The summed E-state index contributed by atoms with van der Waals surface area (Å²) in [6.07, 6.45) is 1.32. The number of hydrogen-bond acceptors (Lipinski definition) is 4. The summed E-state index contributed by atoms with van der Waals surface area (Å²) in [7, 11) is 0. The smallest absolute Gasteiger partial charge is 0.306 e. The summed E-state index contributed by atoms with van der Waals surface area (Å²) in [4.78, 5) is 24.0. The van der Waals surface area contributed by atoms with E-state index in [1.807, 2.05) is 18.2 Å². The molecule has 1 aromatic heterocycles. The van der Waals surface area contributed by atoms with Crippen LogP contribution in [-0.2, 0) is 11.3 Å². The van der Waals surface area contributed by atoms with Crippen LogP contribution in [0, 0.1) is 16.0 Å². The van der Waals surface area contributed by atoms with Crippen LogP contribution in [-0.4, -0.2) is 38.6 Å². The number of non-ortho nitro benzene ring substituents is 1. The maximum absolute atomic E-state index is 11.2. The molecule has 1 N–H and O–H groups in total. The normalized spacial score (nSPS) is 15.7. The van der Waals surface area contributed by atoms with Gasteiger partial charge < -0.3 is 9.67 Å². The quantitative estimate of drug-likeness (QED) is 0.537. The van der Waals surface area contributed by atoms with Crippen LogP contribution in [0.15, 0.2) is 54.6 Å². The molecule has 0 amide bonds. The average Bonchev–Trinajstić information content (AvgIpc) is 3.06. The minimum absolute atomic E-state index is 0.0671. The summed E-state index contributed by atoms with van der Waals surface area (Å²) < 4.78 is 2.13. The monoisotopic (exact) mass is 379 g/mol. The van der Waals surface area contributed by atoms with Crippen molar-refractivity contribution in [1.82, 2.24) is 9.47 Å². The fourth-order valence-corrected chi connectivity index (χ4v) is 3.92. The van der Waals surface area contributed by atoms with Gasteiger partial charge in [0.1, 0.15) is 0 Å². The topological polar surface area (TPSA) is 88.6 Å². The Morgan fingerprint density at radius 2 is 1.79 bits per heavy atom. The van der Waals surface area contributed by atoms with Crippen LogP contribution in [0.2, 0.25) is 0 Å². The molecule has 0 unspecified atom stereocenters. The second-order valence-corrected chi connectivity index (χ2v) is 7.19. The predicted molar refractivity (Wildman–Crippen MR) is 106 cm³/mol. The molecule has 0 radical (unpaired) electrons. The van der Waals surface area contributed by atoms with Gasteiger partial charge in [0.05, 0.1) is 16.4 Å². The maximum Gasteiger partial charge on any atom is 0.306 e. The highest BCUT2D eigenvalue weighted by Gasteiger charge is 2.25. The number of nitro benzene ring substituents is 1. The number of benzene rings is 2. The van der Waals surface area contributed by atoms with Gasteiger partial charge in [-0.3, -0.25) is 19.8 Å². The molecule has 3 aromatic rings. The van der Waals surface area contributed by atoms with E-state index in [9.17, 15) is 20.0 Å². The first-order chi connectivity index (χ1) is 13.5. The summed E-state index contributed by atoms with van der Waals surface area (Å²) in [5.74, 6) is -0.962. The second-order valence-electron chi connectivity index (χ2n) is 7.19. The summed E-state index contributed by atoms with van der Waals surface area (Å²) in [6.45, 7) is 2.20. The predicted octanol–water partition coefficient (Wildman–Crippen LogP) is 3.84. The zero-order valence-electron chi connectivity index (χ0n) is 15.3. The highest BCUT2D eigenvalue weighted by atomic mass is 16.6. The van der Waals surface area contributed by atoms with Gasteiger partial charge >= 0.3 is 5.97 Å². The summed E-state index contributed by atoms with van der Waals surface area (Å²) in [5, 5.41) is 21.3. The van der Waals surface area contributed by atoms with Crippen LogP contribution in [0.1, 0.15) is 18.5 Å². The summed E-state index contributed by atoms with van der Waals surface area (Å²) in [5.41, 5.74) is 3.08. The molecule has 1 fully saturated rings. The Morgan fingerprint density at radius 3 is 2.43 bits per heavy atom. The van der Waals surface area contributed by atoms with E-state index in [1.54, 1.807) is 12.1 Å². The molecule has 4 rings (SSSR count). The van der Waals surface area contributed by atoms with E-state index in [2.05, 4.69) is 21.6 Å². The van der Waals surface area contributed by atoms with Gasteiger partial charge in [0.25, 0.3) is 5.69 Å². The molecule has 28 heavy (non-hydrogen) atoms. The molecule has 1 saturated heterocycles. The molecule has 0 bridgehead atoms. The van der Waals surface area contributed by atoms with E-state index >= 15 is 0 Å². The fraction of sp³-hybridized carbons (Fsp3) is 0.286. The first kappa shape index (κ1) is 18.2. The van der Waals surface area contributed by atoms with E-state index in [0.717, 1.165) is 35.4 Å². The van der Waals surface area contributed by atoms with E-state index in [1.165, 1.54) is 12.1 Å². The van der Waals surface area contributed by atoms with Crippen molar-refractivity contribution in [3.63, 3.8) is 0 Å². The third-order valence-electron chi connectivity index (χ3n) is 5.43. The molecular formula is C21H21N3O4. The van der Waals surface area contributed by atoms with Crippen molar-refractivity contribution >= 4 is 22.6 Å². The van der Waals surface area contributed by atoms with Crippen LogP contribution in [0.5, 0.6) is 0 Å². The molecule has 1 aliphatic rings. The Balaban J connectivity index is 1.66. The van der Waals surface area contributed by atoms with E-state index in [-0.39, 0.29) is 11.6 Å². The number of nitrogens with zero attached hydrogens (tertiary/aromatic N) is 3. The van der Waals surface area contributed by atoms with Gasteiger partial charge in [-0.15, -0.1) is 0 Å². The molecule has 2 aromatic carbocycles. The third kappa shape index (κ3) is 3.48. The van der Waals surface area contributed by atoms with Crippen molar-refractivity contribution in [3.05, 3.63) is 70.4 Å². The minimum Gasteiger partial charge on any atom is -0.481 e. The van der Waals surface area contributed by atoms with Crippen LogP contribution in [0.25, 0.3) is 16.6 Å². The molecule has 0 atom stereocenters. The van der Waals surface area contributed by atoms with Crippen molar-refractivity contribution < 1.29 is 14.8 Å². The Bertz CT molecular complexity index is 1020. The van der Waals surface area contributed by atoms with Gasteiger partial charge in [0, 0.05) is 35.4 Å². The lowest BCUT2D eigenvalue weighted by Crippen LogP contribution is -2.36. The van der Waals surface area contributed by atoms with Crippen molar-refractivity contribution in [3.8, 4) is 5.69 Å². The summed E-state index contributed by atoms with van der Waals surface area (Å²) >= 11 is 0. The number of piperidine rings is 1. The Kier molecular flexibility index (Phi) is 4.83. The SMILES string of the molecule is O=C(O)C1CCN(Cc2cc3ccccc3n2-c2ccc([N+](=O)[O-])cc2)CC1. The van der Waals surface area contributed by atoms with Crippen LogP contribution < -0.4 is 0 Å². The molecule has 7 nitrogen and oxygen atoms in total. The van der Waals surface area contributed by atoms with Gasteiger partial charge in [0.15, 0.2) is 0 Å². The first-order valence-electron chi connectivity index (χ1n) is 9.32. The van der Waals surface area contributed by atoms with E-state index < -0.39 is 10.9 Å². The average molecular weight is 379 g/mol. The van der Waals surface area contributed by atoms with Gasteiger partial charge in [0.2, 0.25) is 0 Å². The van der Waals surface area contributed by atoms with Crippen LogP contribution >= 0.6 is 0 Å². The first-order valence-corrected chi connectivity index (χ1v) is 9.32. The molecule has 144 valence electrons. The number of nitro groups is 1. The van der Waals surface area contributed by atoms with Gasteiger partial charge in [-0.25, -0.2) is 0 Å². The van der Waals surface area contributed by atoms with Crippen molar-refractivity contribution in [2.24, 2.45) is 5.92 Å². The van der Waals surface area contributed by atoms with Gasteiger partial charge in [-0.2, -0.15) is 0 Å². The molecule has 0 aliphatic carbocycles. The summed E-state index contributed by atoms with van der Waals surface area (Å²) in [6, 6.07) is 16.8. The zero-order chi connectivity index (χ0) is 19.7. The number of fused-ring (bicyclic) bond motifs is 1. The van der Waals surface area contributed by atoms with Crippen molar-refractivity contribution in [1.29, 1.82) is 0 Å². The number of carboxylic acid groups (broad SMARTS) is 1. The Hall–Kier alpha value is -3.19. The molecular weight excluding hydrogens is 358 g/mol. The lowest BCUT2D eigenvalue weighted by Gasteiger charge is -2.30. The second kappa shape index (κ2) is 7.44. The lowest BCUT2D eigenvalue weighted by atomic mass is 9.97. The minimum atomic E-state index is -0.709. The number of aromatic nitrogens is 1. The number of hydrogen-bond donors (Lipinski definition) is 1. The number of para-hydroxylation sites is 1. The zero-order valence-corrected chi connectivity index (χ0v) is 15.3. The fourth-order valence-electron chi connectivity index (χ4n) is 3.92. The molecule has 0 spiro atoms. The molecule has 0 saturated carbocycles. The van der Waals surface area contributed by atoms with Gasteiger partial charge in [-0.1, -0.05) is 18.2 Å². The highest BCUT2D eigenvalue weighted by Crippen LogP contribution is 2.28. The van der Waals surface area contributed by atoms with Crippen LogP contribution in [0.3, 0.4) is 0 Å². The number of carbonyl (C=O) groups is 1. The maximum atomic E-state index is 11.2. The standard InChI is InChI=1S/C21H21N3O4/c25-21(26)15-9-11-22(12-10-15)14-19-13-16-3-1-2-4-20(16)23(19)17-5-7-18(8-6-17)24(27)28/h1-8,13,15H,9-12,14H2,(H,25,26). The third-order valence-corrected chi connectivity index (χ3v) is 5.43. The molecule has 2 heterocycles. The Labute approximate surface area is 162 Å². The number of aliphatic carboxylic acids is 1. The van der Waals surface area contributed by atoms with Crippen molar-refractivity contribution in [2.75, 3.05) is 13.1 Å². The van der Waals surface area contributed by atoms with Crippen LogP contribution in [0.4, 0.5) is 5.69 Å². The Morgan fingerprint density at radius 1 is 1.11 bits per heavy atom. The molecule has 1 aliphatic heterocycles. The largest absolute Gasteiger partial charge is 0.481 e. The van der Waals surface area contributed by atoms with E-state index in [0.29, 0.717) is 19.4 Å². The number of carboxylic acids is 1. The number of likely N-dealkylation sites (tertiary alicyclic amines) is 1. The molecule has 7 heteroatoms. The van der Waals surface area contributed by atoms with E-state index in [4.69, 9.17) is 0 Å². The lowest BCUT2D eigenvalue weighted by molar-refractivity contribution is -0.384. The number of rotatable bonds is 5.